The van der Waals surface area contributed by atoms with E-state index in [2.05, 4.69) is 53.1 Å². The van der Waals surface area contributed by atoms with Crippen LogP contribution in [0.4, 0.5) is 15.0 Å². The van der Waals surface area contributed by atoms with Crippen LogP contribution in [0, 0.1) is 5.92 Å². The minimum atomic E-state index is -1.24. The molecule has 1 aliphatic heterocycles. The highest BCUT2D eigenvalue weighted by molar-refractivity contribution is 5.93. The number of nitrogens with zero attached hydrogens (tertiary/aromatic N) is 7. The number of anilines is 1. The number of nitrogens with one attached hydrogen (secondary N) is 2. The number of oxazole rings is 1. The summed E-state index contributed by atoms with van der Waals surface area (Å²) in [5.74, 6) is 0.922. The summed E-state index contributed by atoms with van der Waals surface area (Å²) in [4.78, 5) is 40.1. The van der Waals surface area contributed by atoms with Crippen LogP contribution in [-0.4, -0.2) is 67.2 Å². The summed E-state index contributed by atoms with van der Waals surface area (Å²) >= 11 is 0. The molecule has 6 rings (SSSR count). The molecule has 0 spiro atoms. The standard InChI is InChI=1S/C29H28FN9O4/c1-31-17-25-35-37-39(36-25)26(18-5-3-2-4-6-18)19-10-13-38(14-11-19)28(40)23-15-20(9-12-32-23)27-34-22-16-21(33-29(41)43-30)7-8-24(22)42-27/h2-9,12,15-16,19,26,31H,10-11,13-14,17H2,1H3,(H,33,41). The molecule has 0 radical (unpaired) electrons. The van der Waals surface area contributed by atoms with Gasteiger partial charge in [-0.3, -0.25) is 15.1 Å². The van der Waals surface area contributed by atoms with Crippen molar-refractivity contribution < 1.29 is 23.5 Å². The van der Waals surface area contributed by atoms with E-state index in [1.54, 1.807) is 34.1 Å². The van der Waals surface area contributed by atoms with E-state index in [9.17, 15) is 14.1 Å². The van der Waals surface area contributed by atoms with Gasteiger partial charge < -0.3 is 14.6 Å². The van der Waals surface area contributed by atoms with E-state index >= 15 is 0 Å². The highest BCUT2D eigenvalue weighted by Crippen LogP contribution is 2.34. The lowest BCUT2D eigenvalue weighted by Crippen LogP contribution is -2.41. The van der Waals surface area contributed by atoms with Gasteiger partial charge in [-0.1, -0.05) is 30.3 Å². The Balaban J connectivity index is 1.16. The van der Waals surface area contributed by atoms with Gasteiger partial charge in [0.15, 0.2) is 11.4 Å². The molecule has 2 aromatic carbocycles. The minimum absolute atomic E-state index is 0.101. The number of tetrazole rings is 1. The Hall–Kier alpha value is -5.24. The molecule has 5 aromatic rings. The Morgan fingerprint density at radius 2 is 1.93 bits per heavy atom. The second-order valence-corrected chi connectivity index (χ2v) is 10.2. The lowest BCUT2D eigenvalue weighted by atomic mass is 9.85. The summed E-state index contributed by atoms with van der Waals surface area (Å²) in [5, 5.41) is 18.5. The molecule has 43 heavy (non-hydrogen) atoms. The molecule has 3 aromatic heterocycles. The zero-order chi connectivity index (χ0) is 29.8. The van der Waals surface area contributed by atoms with Crippen LogP contribution in [0.15, 0.2) is 71.3 Å². The van der Waals surface area contributed by atoms with Gasteiger partial charge in [-0.15, -0.1) is 10.2 Å². The highest BCUT2D eigenvalue weighted by atomic mass is 19.3. The molecule has 1 aliphatic rings. The van der Waals surface area contributed by atoms with Gasteiger partial charge in [0.05, 0.1) is 6.54 Å². The van der Waals surface area contributed by atoms with Crippen LogP contribution in [0.25, 0.3) is 22.6 Å². The maximum Gasteiger partial charge on any atom is 0.449 e. The smallest absolute Gasteiger partial charge is 0.436 e. The van der Waals surface area contributed by atoms with Crippen LogP contribution in [-0.2, 0) is 11.5 Å². The first-order valence-corrected chi connectivity index (χ1v) is 13.8. The number of halogens is 1. The maximum absolute atomic E-state index is 13.5. The van der Waals surface area contributed by atoms with Gasteiger partial charge in [-0.05, 0) is 66.9 Å². The van der Waals surface area contributed by atoms with Crippen LogP contribution in [0.2, 0.25) is 0 Å². The van der Waals surface area contributed by atoms with Crippen molar-refractivity contribution in [2.24, 2.45) is 5.92 Å². The number of hydrogen-bond donors (Lipinski definition) is 2. The Morgan fingerprint density at radius 1 is 1.12 bits per heavy atom. The van der Waals surface area contributed by atoms with Gasteiger partial charge >= 0.3 is 6.09 Å². The monoisotopic (exact) mass is 585 g/mol. The number of piperidine rings is 1. The SMILES string of the molecule is CNCc1nnn(C(c2ccccc2)C2CCN(C(=O)c3cc(-c4nc5cc(NC(=O)OF)ccc5o4)ccn3)CC2)n1. The van der Waals surface area contributed by atoms with Crippen molar-refractivity contribution in [2.45, 2.75) is 25.4 Å². The molecular weight excluding hydrogens is 557 g/mol. The number of benzene rings is 2. The number of hydrogen-bond acceptors (Lipinski definition) is 10. The van der Waals surface area contributed by atoms with E-state index < -0.39 is 6.09 Å². The summed E-state index contributed by atoms with van der Waals surface area (Å²) < 4.78 is 17.9. The number of carbonyl (C=O) groups is 2. The molecular formula is C29H28FN9O4. The van der Waals surface area contributed by atoms with Gasteiger partial charge in [0.2, 0.25) is 5.89 Å². The zero-order valence-electron chi connectivity index (χ0n) is 23.2. The Bertz CT molecular complexity index is 1730. The number of amides is 2. The number of carbonyl (C=O) groups excluding carboxylic acids is 2. The first-order valence-electron chi connectivity index (χ1n) is 13.8. The van der Waals surface area contributed by atoms with Gasteiger partial charge in [0.1, 0.15) is 17.3 Å². The Morgan fingerprint density at radius 3 is 2.70 bits per heavy atom. The first-order chi connectivity index (χ1) is 21.0. The fourth-order valence-corrected chi connectivity index (χ4v) is 5.37. The van der Waals surface area contributed by atoms with Gasteiger partial charge in [-0.25, -0.2) is 14.7 Å². The lowest BCUT2D eigenvalue weighted by Gasteiger charge is -2.35. The van der Waals surface area contributed by atoms with E-state index in [-0.39, 0.29) is 35.1 Å². The average molecular weight is 586 g/mol. The number of likely N-dealkylation sites (tertiary alicyclic amines) is 1. The van der Waals surface area contributed by atoms with Crippen molar-refractivity contribution in [2.75, 3.05) is 25.5 Å². The molecule has 1 unspecified atom stereocenters. The summed E-state index contributed by atoms with van der Waals surface area (Å²) in [6.07, 6.45) is 1.81. The van der Waals surface area contributed by atoms with Gasteiger partial charge in [0.25, 0.3) is 5.91 Å². The third kappa shape index (κ3) is 6.04. The lowest BCUT2D eigenvalue weighted by molar-refractivity contribution is -0.0544. The number of pyridine rings is 1. The molecule has 0 bridgehead atoms. The Kier molecular flexibility index (Phi) is 8.00. The van der Waals surface area contributed by atoms with E-state index in [4.69, 9.17) is 4.42 Å². The predicted molar refractivity (Wildman–Crippen MR) is 152 cm³/mol. The molecule has 4 heterocycles. The van der Waals surface area contributed by atoms with Gasteiger partial charge in [0, 0.05) is 35.1 Å². The Labute approximate surface area is 245 Å². The van der Waals surface area contributed by atoms with E-state index in [1.807, 2.05) is 25.2 Å². The molecule has 1 fully saturated rings. The third-order valence-corrected chi connectivity index (χ3v) is 7.40. The highest BCUT2D eigenvalue weighted by Gasteiger charge is 2.33. The molecule has 0 saturated carbocycles. The molecule has 2 amide bonds. The van der Waals surface area contributed by atoms with Crippen molar-refractivity contribution in [3.63, 3.8) is 0 Å². The molecule has 220 valence electrons. The summed E-state index contributed by atoms with van der Waals surface area (Å²) in [6, 6.07) is 18.0. The van der Waals surface area contributed by atoms with Crippen molar-refractivity contribution >= 4 is 28.8 Å². The quantitative estimate of drug-likeness (QED) is 0.271. The molecule has 14 heteroatoms. The largest absolute Gasteiger partial charge is 0.449 e. The van der Waals surface area contributed by atoms with E-state index in [0.717, 1.165) is 18.4 Å². The fourth-order valence-electron chi connectivity index (χ4n) is 5.37. The van der Waals surface area contributed by atoms with Crippen molar-refractivity contribution in [3.8, 4) is 11.5 Å². The predicted octanol–water partition coefficient (Wildman–Crippen LogP) is 4.17. The first kappa shape index (κ1) is 27.9. The minimum Gasteiger partial charge on any atom is -0.436 e. The van der Waals surface area contributed by atoms with Crippen LogP contribution >= 0.6 is 0 Å². The van der Waals surface area contributed by atoms with Crippen molar-refractivity contribution in [3.05, 3.63) is 83.9 Å². The summed E-state index contributed by atoms with van der Waals surface area (Å²) in [5.41, 5.74) is 3.12. The maximum atomic E-state index is 13.5. The second-order valence-electron chi connectivity index (χ2n) is 10.2. The molecule has 1 saturated heterocycles. The number of rotatable bonds is 8. The van der Waals surface area contributed by atoms with Crippen LogP contribution < -0.4 is 10.6 Å². The summed E-state index contributed by atoms with van der Waals surface area (Å²) in [7, 11) is 1.84. The van der Waals surface area contributed by atoms with Gasteiger partial charge in [-0.2, -0.15) is 4.80 Å². The van der Waals surface area contributed by atoms with Crippen LogP contribution in [0.1, 0.15) is 40.8 Å². The number of fused-ring (bicyclic) bond motifs is 1. The fraction of sp³-hybridized carbons (Fsp3) is 0.276. The van der Waals surface area contributed by atoms with Crippen molar-refractivity contribution in [1.82, 2.24) is 40.4 Å². The molecule has 2 N–H and O–H groups in total. The van der Waals surface area contributed by atoms with E-state index in [1.165, 1.54) is 12.1 Å². The van der Waals surface area contributed by atoms with Crippen LogP contribution in [0.5, 0.6) is 0 Å². The van der Waals surface area contributed by atoms with E-state index in [0.29, 0.717) is 42.1 Å². The number of aromatic nitrogens is 6. The molecule has 0 aliphatic carbocycles. The zero-order valence-corrected chi connectivity index (χ0v) is 23.2. The topological polar surface area (TPSA) is 153 Å². The van der Waals surface area contributed by atoms with Crippen molar-refractivity contribution in [1.29, 1.82) is 0 Å². The molecule has 13 nitrogen and oxygen atoms in total. The normalized spacial score (nSPS) is 14.5. The molecule has 1 atom stereocenters. The third-order valence-electron chi connectivity index (χ3n) is 7.40. The average Bonchev–Trinajstić information content (AvgIpc) is 3.69. The summed E-state index contributed by atoms with van der Waals surface area (Å²) in [6.45, 7) is 1.63. The second kappa shape index (κ2) is 12.3. The van der Waals surface area contributed by atoms with Crippen LogP contribution in [0.3, 0.4) is 0 Å².